The van der Waals surface area contributed by atoms with Crippen LogP contribution in [0.2, 0.25) is 0 Å². The lowest BCUT2D eigenvalue weighted by molar-refractivity contribution is 0.0980. The first-order valence-electron chi connectivity index (χ1n) is 7.14. The van der Waals surface area contributed by atoms with E-state index in [4.69, 9.17) is 9.47 Å². The van der Waals surface area contributed by atoms with Crippen molar-refractivity contribution in [3.63, 3.8) is 0 Å². The molecule has 1 aromatic rings. The maximum atomic E-state index is 5.47. The van der Waals surface area contributed by atoms with Gasteiger partial charge in [0.15, 0.2) is 0 Å². The van der Waals surface area contributed by atoms with E-state index in [1.165, 1.54) is 0 Å². The molecule has 3 rings (SSSR count). The van der Waals surface area contributed by atoms with E-state index in [-0.39, 0.29) is 0 Å². The molecule has 0 aromatic carbocycles. The second kappa shape index (κ2) is 5.88. The lowest BCUT2D eigenvalue weighted by Crippen LogP contribution is -2.45. The second-order valence-corrected chi connectivity index (χ2v) is 5.20. The third kappa shape index (κ3) is 2.83. The highest BCUT2D eigenvalue weighted by Crippen LogP contribution is 2.18. The molecule has 2 fully saturated rings. The highest BCUT2D eigenvalue weighted by Gasteiger charge is 2.23. The molecule has 1 aromatic heterocycles. The van der Waals surface area contributed by atoms with Crippen LogP contribution in [0.15, 0.2) is 0 Å². The number of nitrogens with zero attached hydrogens (tertiary/aromatic N) is 5. The summed E-state index contributed by atoms with van der Waals surface area (Å²) in [5.74, 6) is 2.28. The Morgan fingerprint density at radius 3 is 2.40 bits per heavy atom. The predicted molar refractivity (Wildman–Crippen MR) is 75.2 cm³/mol. The van der Waals surface area contributed by atoms with E-state index in [1.54, 1.807) is 0 Å². The Bertz CT molecular complexity index is 464. The van der Waals surface area contributed by atoms with E-state index in [1.807, 2.05) is 6.92 Å². The van der Waals surface area contributed by atoms with Gasteiger partial charge in [-0.15, -0.1) is 0 Å². The standard InChI is InChI=1S/C13H21N5O2/c1-10-9-20-8-5-18(10)13-15-11(2)14-12(16-13)17-3-6-19-7-4-17/h10H,3-9H2,1-2H3/t10-/m1/s1. The summed E-state index contributed by atoms with van der Waals surface area (Å²) in [5.41, 5.74) is 0. The molecule has 3 heterocycles. The number of hydrogen-bond donors (Lipinski definition) is 0. The minimum Gasteiger partial charge on any atom is -0.378 e. The summed E-state index contributed by atoms with van der Waals surface area (Å²) in [6.07, 6.45) is 0. The Balaban J connectivity index is 1.85. The molecular weight excluding hydrogens is 258 g/mol. The molecule has 2 aliphatic rings. The van der Waals surface area contributed by atoms with Gasteiger partial charge in [0.05, 0.1) is 32.5 Å². The Morgan fingerprint density at radius 1 is 0.950 bits per heavy atom. The summed E-state index contributed by atoms with van der Waals surface area (Å²) in [7, 11) is 0. The SMILES string of the molecule is Cc1nc(N2CCOCC2)nc(N2CCOC[C@H]2C)n1. The van der Waals surface area contributed by atoms with E-state index >= 15 is 0 Å². The largest absolute Gasteiger partial charge is 0.378 e. The minimum atomic E-state index is 0.295. The van der Waals surface area contributed by atoms with Gasteiger partial charge in [0.25, 0.3) is 0 Å². The molecule has 110 valence electrons. The van der Waals surface area contributed by atoms with Crippen LogP contribution in [-0.2, 0) is 9.47 Å². The smallest absolute Gasteiger partial charge is 0.230 e. The van der Waals surface area contributed by atoms with Gasteiger partial charge >= 0.3 is 0 Å². The zero-order valence-electron chi connectivity index (χ0n) is 12.1. The summed E-state index contributed by atoms with van der Waals surface area (Å²) in [6.45, 7) is 9.45. The first-order chi connectivity index (χ1) is 9.74. The molecule has 7 nitrogen and oxygen atoms in total. The van der Waals surface area contributed by atoms with Crippen molar-refractivity contribution in [1.82, 2.24) is 15.0 Å². The third-order valence-electron chi connectivity index (χ3n) is 3.64. The minimum absolute atomic E-state index is 0.295. The van der Waals surface area contributed by atoms with Gasteiger partial charge in [0.1, 0.15) is 5.82 Å². The summed E-state index contributed by atoms with van der Waals surface area (Å²) in [4.78, 5) is 18.0. The molecule has 7 heteroatoms. The van der Waals surface area contributed by atoms with E-state index in [0.717, 1.165) is 63.8 Å². The predicted octanol–water partition coefficient (Wildman–Crippen LogP) is 0.242. The fourth-order valence-electron chi connectivity index (χ4n) is 2.51. The first-order valence-corrected chi connectivity index (χ1v) is 7.14. The van der Waals surface area contributed by atoms with E-state index in [9.17, 15) is 0 Å². The van der Waals surface area contributed by atoms with Gasteiger partial charge in [-0.1, -0.05) is 0 Å². The van der Waals surface area contributed by atoms with Gasteiger partial charge in [-0.05, 0) is 13.8 Å². The zero-order valence-corrected chi connectivity index (χ0v) is 12.1. The summed E-state index contributed by atoms with van der Waals surface area (Å²) < 4.78 is 10.8. The third-order valence-corrected chi connectivity index (χ3v) is 3.64. The molecule has 2 aliphatic heterocycles. The van der Waals surface area contributed by atoms with E-state index < -0.39 is 0 Å². The van der Waals surface area contributed by atoms with Crippen LogP contribution < -0.4 is 9.80 Å². The van der Waals surface area contributed by atoms with Gasteiger partial charge in [-0.25, -0.2) is 0 Å². The average molecular weight is 279 g/mol. The van der Waals surface area contributed by atoms with Crippen molar-refractivity contribution in [1.29, 1.82) is 0 Å². The molecule has 0 spiro atoms. The van der Waals surface area contributed by atoms with Crippen LogP contribution in [0.1, 0.15) is 12.7 Å². The molecule has 0 radical (unpaired) electrons. The zero-order chi connectivity index (χ0) is 13.9. The second-order valence-electron chi connectivity index (χ2n) is 5.20. The van der Waals surface area contributed by atoms with Gasteiger partial charge in [-0.2, -0.15) is 15.0 Å². The van der Waals surface area contributed by atoms with Crippen molar-refractivity contribution in [3.05, 3.63) is 5.82 Å². The number of ether oxygens (including phenoxy) is 2. The lowest BCUT2D eigenvalue weighted by atomic mass is 10.3. The van der Waals surface area contributed by atoms with Gasteiger partial charge in [0.2, 0.25) is 11.9 Å². The fourth-order valence-corrected chi connectivity index (χ4v) is 2.51. The monoisotopic (exact) mass is 279 g/mol. The molecule has 0 unspecified atom stereocenters. The van der Waals surface area contributed by atoms with E-state index in [0.29, 0.717) is 6.04 Å². The summed E-state index contributed by atoms with van der Waals surface area (Å²) in [6, 6.07) is 0.295. The quantitative estimate of drug-likeness (QED) is 0.768. The van der Waals surface area contributed by atoms with E-state index in [2.05, 4.69) is 31.7 Å². The Kier molecular flexibility index (Phi) is 3.98. The molecule has 0 saturated carbocycles. The van der Waals surface area contributed by atoms with Crippen molar-refractivity contribution < 1.29 is 9.47 Å². The Hall–Kier alpha value is -1.47. The average Bonchev–Trinajstić information content (AvgIpc) is 2.48. The normalized spacial score (nSPS) is 24.0. The van der Waals surface area contributed by atoms with Crippen molar-refractivity contribution in [2.24, 2.45) is 0 Å². The molecule has 1 atom stereocenters. The fraction of sp³-hybridized carbons (Fsp3) is 0.769. The molecular formula is C13H21N5O2. The van der Waals surface area contributed by atoms with Crippen molar-refractivity contribution in [2.75, 3.05) is 55.9 Å². The van der Waals surface area contributed by atoms with Gasteiger partial charge in [0, 0.05) is 19.6 Å². The van der Waals surface area contributed by atoms with Crippen molar-refractivity contribution in [3.8, 4) is 0 Å². The lowest BCUT2D eigenvalue weighted by Gasteiger charge is -2.34. The Labute approximate surface area is 118 Å². The molecule has 20 heavy (non-hydrogen) atoms. The number of rotatable bonds is 2. The van der Waals surface area contributed by atoms with Crippen LogP contribution in [0.5, 0.6) is 0 Å². The number of morpholine rings is 2. The molecule has 0 N–H and O–H groups in total. The Morgan fingerprint density at radius 2 is 1.65 bits per heavy atom. The molecule has 0 aliphatic carbocycles. The van der Waals surface area contributed by atoms with Gasteiger partial charge < -0.3 is 19.3 Å². The van der Waals surface area contributed by atoms with Gasteiger partial charge in [-0.3, -0.25) is 0 Å². The van der Waals surface area contributed by atoms with Crippen LogP contribution in [0, 0.1) is 6.92 Å². The highest BCUT2D eigenvalue weighted by molar-refractivity contribution is 5.40. The molecule has 0 amide bonds. The van der Waals surface area contributed by atoms with Crippen LogP contribution in [-0.4, -0.2) is 67.1 Å². The maximum absolute atomic E-state index is 5.47. The number of aromatic nitrogens is 3. The highest BCUT2D eigenvalue weighted by atomic mass is 16.5. The van der Waals surface area contributed by atoms with Crippen LogP contribution in [0.4, 0.5) is 11.9 Å². The number of hydrogen-bond acceptors (Lipinski definition) is 7. The molecule has 2 saturated heterocycles. The maximum Gasteiger partial charge on any atom is 0.230 e. The van der Waals surface area contributed by atoms with Crippen molar-refractivity contribution in [2.45, 2.75) is 19.9 Å². The first kappa shape index (κ1) is 13.5. The van der Waals surface area contributed by atoms with Crippen LogP contribution in [0.3, 0.4) is 0 Å². The topological polar surface area (TPSA) is 63.6 Å². The summed E-state index contributed by atoms with van der Waals surface area (Å²) >= 11 is 0. The van der Waals surface area contributed by atoms with Crippen molar-refractivity contribution >= 4 is 11.9 Å². The van der Waals surface area contributed by atoms with Crippen LogP contribution >= 0.6 is 0 Å². The summed E-state index contributed by atoms with van der Waals surface area (Å²) in [5, 5.41) is 0. The number of aryl methyl sites for hydroxylation is 1. The molecule has 0 bridgehead atoms. The van der Waals surface area contributed by atoms with Crippen LogP contribution in [0.25, 0.3) is 0 Å². The number of anilines is 2.